The Balaban J connectivity index is 1.61. The maximum Gasteiger partial charge on any atom is 0.238 e. The van der Waals surface area contributed by atoms with Crippen LogP contribution in [0, 0.1) is 0 Å². The summed E-state index contributed by atoms with van der Waals surface area (Å²) in [4.78, 5) is 9.54. The van der Waals surface area contributed by atoms with Gasteiger partial charge < -0.3 is 10.5 Å². The topological polar surface area (TPSA) is 65.4 Å². The Labute approximate surface area is 193 Å². The predicted octanol–water partition coefficient (Wildman–Crippen LogP) is 6.04. The van der Waals surface area contributed by atoms with Crippen LogP contribution in [0.5, 0.6) is 5.88 Å². The molecule has 0 saturated heterocycles. The predicted molar refractivity (Wildman–Crippen MR) is 133 cm³/mol. The first-order chi connectivity index (χ1) is 16.1. The molecule has 2 aromatic carbocycles. The summed E-state index contributed by atoms with van der Waals surface area (Å²) in [5.41, 5.74) is 11.4. The van der Waals surface area contributed by atoms with Crippen LogP contribution in [0.1, 0.15) is 24.8 Å². The van der Waals surface area contributed by atoms with Crippen LogP contribution >= 0.6 is 0 Å². The van der Waals surface area contributed by atoms with E-state index in [1.165, 1.54) is 12.0 Å². The lowest BCUT2D eigenvalue weighted by Gasteiger charge is -2.38. The lowest BCUT2D eigenvalue weighted by atomic mass is 9.72. The lowest BCUT2D eigenvalue weighted by Crippen LogP contribution is -2.43. The molecule has 5 nitrogen and oxygen atoms in total. The minimum absolute atomic E-state index is 0.185. The molecule has 0 amide bonds. The molecule has 2 heterocycles. The third-order valence-electron chi connectivity index (χ3n) is 6.20. The molecule has 33 heavy (non-hydrogen) atoms. The molecule has 0 unspecified atom stereocenters. The zero-order valence-electron chi connectivity index (χ0n) is 18.4. The van der Waals surface area contributed by atoms with Gasteiger partial charge in [0.15, 0.2) is 0 Å². The van der Waals surface area contributed by atoms with Crippen molar-refractivity contribution in [3.05, 3.63) is 110 Å². The summed E-state index contributed by atoms with van der Waals surface area (Å²) in [6.45, 7) is 7.48. The van der Waals surface area contributed by atoms with E-state index in [0.29, 0.717) is 17.4 Å². The molecule has 0 bridgehead atoms. The van der Waals surface area contributed by atoms with E-state index in [1.54, 1.807) is 18.2 Å². The fourth-order valence-electron chi connectivity index (χ4n) is 4.23. The summed E-state index contributed by atoms with van der Waals surface area (Å²) >= 11 is 0. The van der Waals surface area contributed by atoms with Crippen molar-refractivity contribution < 1.29 is 4.74 Å². The Bertz CT molecular complexity index is 1350. The van der Waals surface area contributed by atoms with Crippen LogP contribution in [0.2, 0.25) is 0 Å². The fourth-order valence-corrected chi connectivity index (χ4v) is 4.23. The largest absolute Gasteiger partial charge is 0.439 e. The van der Waals surface area contributed by atoms with Crippen LogP contribution in [0.4, 0.5) is 0 Å². The Morgan fingerprint density at radius 3 is 2.36 bits per heavy atom. The monoisotopic (exact) mass is 434 g/mol. The number of benzene rings is 2. The summed E-state index contributed by atoms with van der Waals surface area (Å²) in [5, 5.41) is 0. The highest BCUT2D eigenvalue weighted by atomic mass is 16.5. The first kappa shape index (κ1) is 20.9. The number of ether oxygens (including phenoxy) is 1. The average molecular weight is 435 g/mol. The number of hydrogen-bond acceptors (Lipinski definition) is 4. The van der Waals surface area contributed by atoms with Gasteiger partial charge >= 0.3 is 0 Å². The zero-order chi connectivity index (χ0) is 22.8. The molecule has 0 spiro atoms. The smallest absolute Gasteiger partial charge is 0.238 e. The van der Waals surface area contributed by atoms with E-state index in [0.717, 1.165) is 35.4 Å². The fraction of sp³-hybridized carbons (Fsp3) is 0.143. The third kappa shape index (κ3) is 3.88. The van der Waals surface area contributed by atoms with E-state index in [2.05, 4.69) is 54.5 Å². The average Bonchev–Trinajstić information content (AvgIpc) is 3.21. The molecule has 1 aliphatic rings. The number of fused-ring (bicyclic) bond motifs is 1. The maximum atomic E-state index is 6.52. The normalized spacial score (nSPS) is 15.1. The number of aromatic nitrogens is 3. The van der Waals surface area contributed by atoms with Crippen LogP contribution < -0.4 is 10.5 Å². The highest BCUT2D eigenvalue weighted by Crippen LogP contribution is 2.40. The molecular formula is C28H26N4O. The van der Waals surface area contributed by atoms with E-state index >= 15 is 0 Å². The van der Waals surface area contributed by atoms with E-state index in [-0.39, 0.29) is 5.54 Å². The van der Waals surface area contributed by atoms with E-state index in [9.17, 15) is 0 Å². The van der Waals surface area contributed by atoms with Crippen molar-refractivity contribution in [2.45, 2.75) is 24.8 Å². The summed E-state index contributed by atoms with van der Waals surface area (Å²) in [5.74, 6) is 1.57. The first-order valence-electron chi connectivity index (χ1n) is 11.1. The Morgan fingerprint density at radius 1 is 0.970 bits per heavy atom. The Hall–Kier alpha value is -3.96. The molecule has 0 aliphatic heterocycles. The molecule has 5 heteroatoms. The summed E-state index contributed by atoms with van der Waals surface area (Å²) in [7, 11) is 0. The van der Waals surface area contributed by atoms with Gasteiger partial charge in [-0.2, -0.15) is 4.98 Å². The quantitative estimate of drug-likeness (QED) is 0.285. The molecule has 2 aromatic heterocycles. The van der Waals surface area contributed by atoms with Crippen LogP contribution in [0.3, 0.4) is 0 Å². The minimum Gasteiger partial charge on any atom is -0.439 e. The Kier molecular flexibility index (Phi) is 5.40. The summed E-state index contributed by atoms with van der Waals surface area (Å²) in [6.07, 6.45) is 10.2. The molecule has 1 aliphatic carbocycles. The molecule has 0 atom stereocenters. The summed E-state index contributed by atoms with van der Waals surface area (Å²) in [6, 6.07) is 20.5. The first-order valence-corrected chi connectivity index (χ1v) is 11.1. The van der Waals surface area contributed by atoms with Gasteiger partial charge in [0.2, 0.25) is 11.7 Å². The SMILES string of the molecule is C=C/C=C(\C=C)Oc1ccn2c(-c3ccccc3)c(-c3ccc(C4(N)CCC4)cc3)nc2n1. The second-order valence-electron chi connectivity index (χ2n) is 8.31. The number of nitrogens with zero attached hydrogens (tertiary/aromatic N) is 3. The van der Waals surface area contributed by atoms with Crippen molar-refractivity contribution in [3.63, 3.8) is 0 Å². The molecule has 5 rings (SSSR count). The second-order valence-corrected chi connectivity index (χ2v) is 8.31. The highest BCUT2D eigenvalue weighted by molar-refractivity contribution is 5.81. The van der Waals surface area contributed by atoms with Gasteiger partial charge in [0.1, 0.15) is 5.76 Å². The van der Waals surface area contributed by atoms with Crippen LogP contribution in [0.15, 0.2) is 104 Å². The lowest BCUT2D eigenvalue weighted by molar-refractivity contribution is 0.253. The van der Waals surface area contributed by atoms with E-state index in [4.69, 9.17) is 15.5 Å². The number of rotatable bonds is 7. The standard InChI is InChI=1S/C28H26N4O/c1-3-9-23(4-2)33-24-16-19-32-26(21-10-6-5-7-11-21)25(31-27(32)30-24)20-12-14-22(15-13-20)28(29)17-8-18-28/h3-7,9-16,19H,1-2,8,17-18,29H2/b23-9+. The van der Waals surface area contributed by atoms with Gasteiger partial charge in [-0.3, -0.25) is 4.40 Å². The van der Waals surface area contributed by atoms with Crippen LogP contribution in [0.25, 0.3) is 28.3 Å². The van der Waals surface area contributed by atoms with Gasteiger partial charge in [0.05, 0.1) is 11.4 Å². The third-order valence-corrected chi connectivity index (χ3v) is 6.20. The zero-order valence-corrected chi connectivity index (χ0v) is 18.4. The second kappa shape index (κ2) is 8.52. The van der Waals surface area contributed by atoms with Gasteiger partial charge in [0, 0.05) is 28.9 Å². The highest BCUT2D eigenvalue weighted by Gasteiger charge is 2.34. The van der Waals surface area contributed by atoms with Crippen LogP contribution in [-0.2, 0) is 5.54 Å². The molecule has 1 fully saturated rings. The van der Waals surface area contributed by atoms with E-state index in [1.807, 2.05) is 34.9 Å². The van der Waals surface area contributed by atoms with Crippen molar-refractivity contribution in [1.82, 2.24) is 14.4 Å². The van der Waals surface area contributed by atoms with Crippen molar-refractivity contribution in [1.29, 1.82) is 0 Å². The van der Waals surface area contributed by atoms with Crippen molar-refractivity contribution >= 4 is 5.78 Å². The Morgan fingerprint density at radius 2 is 1.73 bits per heavy atom. The van der Waals surface area contributed by atoms with Crippen molar-refractivity contribution in [3.8, 4) is 28.4 Å². The minimum atomic E-state index is -0.185. The molecular weight excluding hydrogens is 408 g/mol. The molecule has 164 valence electrons. The van der Waals surface area contributed by atoms with Gasteiger partial charge in [-0.25, -0.2) is 4.98 Å². The maximum absolute atomic E-state index is 6.52. The number of hydrogen-bond donors (Lipinski definition) is 1. The van der Waals surface area contributed by atoms with Gasteiger partial charge in [-0.1, -0.05) is 73.8 Å². The molecule has 4 aromatic rings. The number of allylic oxidation sites excluding steroid dienone is 3. The molecule has 1 saturated carbocycles. The van der Waals surface area contributed by atoms with Crippen molar-refractivity contribution in [2.75, 3.05) is 0 Å². The van der Waals surface area contributed by atoms with Crippen molar-refractivity contribution in [2.24, 2.45) is 5.73 Å². The van der Waals surface area contributed by atoms with E-state index < -0.39 is 0 Å². The number of nitrogens with two attached hydrogens (primary N) is 1. The van der Waals surface area contributed by atoms with Crippen LogP contribution in [-0.4, -0.2) is 14.4 Å². The van der Waals surface area contributed by atoms with Gasteiger partial charge in [0.25, 0.3) is 0 Å². The molecule has 0 radical (unpaired) electrons. The number of imidazole rings is 1. The molecule has 2 N–H and O–H groups in total. The van der Waals surface area contributed by atoms with Gasteiger partial charge in [-0.15, -0.1) is 0 Å². The summed E-state index contributed by atoms with van der Waals surface area (Å²) < 4.78 is 7.83. The van der Waals surface area contributed by atoms with Gasteiger partial charge in [-0.05, 0) is 37.0 Å².